The molecule has 0 saturated carbocycles. The van der Waals surface area contributed by atoms with Gasteiger partial charge in [-0.05, 0) is 32.9 Å². The fraction of sp³-hybridized carbons (Fsp3) is 0.636. The van der Waals surface area contributed by atoms with Crippen molar-refractivity contribution >= 4 is 0 Å². The number of likely N-dealkylation sites (tertiary alicyclic amines) is 1. The predicted octanol–water partition coefficient (Wildman–Crippen LogP) is 1.39. The zero-order valence-electron chi connectivity index (χ0n) is 9.27. The Morgan fingerprint density at radius 1 is 1.47 bits per heavy atom. The molecule has 2 rings (SSSR count). The molecule has 0 spiro atoms. The summed E-state index contributed by atoms with van der Waals surface area (Å²) in [5.41, 5.74) is 0.888. The van der Waals surface area contributed by atoms with Gasteiger partial charge in [-0.3, -0.25) is 4.90 Å². The summed E-state index contributed by atoms with van der Waals surface area (Å²) in [4.78, 5) is 6.63. The second-order valence-electron chi connectivity index (χ2n) is 4.10. The van der Waals surface area contributed by atoms with Crippen molar-refractivity contribution in [3.8, 4) is 6.07 Å². The van der Waals surface area contributed by atoms with Crippen molar-refractivity contribution < 1.29 is 0 Å². The van der Waals surface area contributed by atoms with E-state index in [1.54, 1.807) is 0 Å². The molecule has 4 heteroatoms. The largest absolute Gasteiger partial charge is 0.338 e. The maximum Gasteiger partial charge on any atom is 0.142 e. The van der Waals surface area contributed by atoms with Crippen LogP contribution in [0.25, 0.3) is 0 Å². The van der Waals surface area contributed by atoms with Crippen molar-refractivity contribution in [2.24, 2.45) is 7.05 Å². The van der Waals surface area contributed by atoms with Crippen LogP contribution in [0.15, 0.2) is 6.20 Å². The van der Waals surface area contributed by atoms with E-state index in [0.29, 0.717) is 0 Å². The Balaban J connectivity index is 2.23. The molecule has 1 aliphatic heterocycles. The van der Waals surface area contributed by atoms with Gasteiger partial charge in [-0.2, -0.15) is 5.26 Å². The molecule has 1 aromatic heterocycles. The summed E-state index contributed by atoms with van der Waals surface area (Å²) in [6.45, 7) is 4.00. The van der Waals surface area contributed by atoms with Gasteiger partial charge in [0.05, 0.1) is 11.8 Å². The van der Waals surface area contributed by atoms with E-state index < -0.39 is 0 Å². The van der Waals surface area contributed by atoms with Crippen LogP contribution in [0.2, 0.25) is 0 Å². The summed E-state index contributed by atoms with van der Waals surface area (Å²) >= 11 is 0. The summed E-state index contributed by atoms with van der Waals surface area (Å²) < 4.78 is 1.97. The van der Waals surface area contributed by atoms with E-state index in [-0.39, 0.29) is 6.04 Å². The SMILES string of the molecule is Cc1nc(C(C#N)N2CCCC2)cn1C. The molecule has 0 radical (unpaired) electrons. The van der Waals surface area contributed by atoms with E-state index in [2.05, 4.69) is 16.0 Å². The first-order valence-corrected chi connectivity index (χ1v) is 5.36. The van der Waals surface area contributed by atoms with Crippen LogP contribution >= 0.6 is 0 Å². The van der Waals surface area contributed by atoms with Gasteiger partial charge in [-0.25, -0.2) is 4.98 Å². The summed E-state index contributed by atoms with van der Waals surface area (Å²) in [7, 11) is 1.96. The Morgan fingerprint density at radius 2 is 2.13 bits per heavy atom. The van der Waals surface area contributed by atoms with Crippen molar-refractivity contribution in [3.63, 3.8) is 0 Å². The quantitative estimate of drug-likeness (QED) is 0.731. The van der Waals surface area contributed by atoms with E-state index in [1.165, 1.54) is 12.8 Å². The van der Waals surface area contributed by atoms with Crippen molar-refractivity contribution in [2.75, 3.05) is 13.1 Å². The average molecular weight is 204 g/mol. The molecule has 1 aromatic rings. The van der Waals surface area contributed by atoms with Gasteiger partial charge in [0.2, 0.25) is 0 Å². The van der Waals surface area contributed by atoms with Crippen LogP contribution < -0.4 is 0 Å². The fourth-order valence-electron chi connectivity index (χ4n) is 2.05. The van der Waals surface area contributed by atoms with E-state index in [4.69, 9.17) is 0 Å². The van der Waals surface area contributed by atoms with Gasteiger partial charge in [-0.15, -0.1) is 0 Å². The number of aromatic nitrogens is 2. The average Bonchev–Trinajstić information content (AvgIpc) is 2.80. The third-order valence-electron chi connectivity index (χ3n) is 3.04. The Bertz CT molecular complexity index is 362. The summed E-state index contributed by atoms with van der Waals surface area (Å²) in [5, 5.41) is 9.20. The minimum atomic E-state index is -0.160. The lowest BCUT2D eigenvalue weighted by Gasteiger charge is -2.18. The van der Waals surface area contributed by atoms with Crippen LogP contribution in [0.4, 0.5) is 0 Å². The highest BCUT2D eigenvalue weighted by Gasteiger charge is 2.25. The van der Waals surface area contributed by atoms with Crippen LogP contribution in [0.5, 0.6) is 0 Å². The Hall–Kier alpha value is -1.34. The van der Waals surface area contributed by atoms with Crippen LogP contribution in [-0.4, -0.2) is 27.5 Å². The smallest absolute Gasteiger partial charge is 0.142 e. The first-order valence-electron chi connectivity index (χ1n) is 5.36. The number of aryl methyl sites for hydroxylation is 2. The lowest BCUT2D eigenvalue weighted by Crippen LogP contribution is -2.24. The lowest BCUT2D eigenvalue weighted by atomic mass is 10.2. The van der Waals surface area contributed by atoms with Crippen molar-refractivity contribution in [2.45, 2.75) is 25.8 Å². The number of imidazole rings is 1. The van der Waals surface area contributed by atoms with Gasteiger partial charge in [0.1, 0.15) is 11.9 Å². The van der Waals surface area contributed by atoms with Crippen LogP contribution in [0, 0.1) is 18.3 Å². The highest BCUT2D eigenvalue weighted by Crippen LogP contribution is 2.23. The monoisotopic (exact) mass is 204 g/mol. The van der Waals surface area contributed by atoms with Crippen LogP contribution in [0.3, 0.4) is 0 Å². The minimum absolute atomic E-state index is 0.160. The van der Waals surface area contributed by atoms with Gasteiger partial charge in [0, 0.05) is 13.2 Å². The summed E-state index contributed by atoms with van der Waals surface area (Å²) in [6.07, 6.45) is 4.36. The van der Waals surface area contributed by atoms with Gasteiger partial charge < -0.3 is 4.57 Å². The number of nitriles is 1. The first-order chi connectivity index (χ1) is 7.22. The second kappa shape index (κ2) is 4.03. The van der Waals surface area contributed by atoms with Gasteiger partial charge in [0.15, 0.2) is 0 Å². The maximum absolute atomic E-state index is 9.20. The van der Waals surface area contributed by atoms with Crippen LogP contribution in [-0.2, 0) is 7.05 Å². The van der Waals surface area contributed by atoms with E-state index in [9.17, 15) is 5.26 Å². The molecular formula is C11H16N4. The van der Waals surface area contributed by atoms with Gasteiger partial charge >= 0.3 is 0 Å². The zero-order valence-corrected chi connectivity index (χ0v) is 9.27. The molecule has 15 heavy (non-hydrogen) atoms. The molecule has 0 aliphatic carbocycles. The molecule has 0 aromatic carbocycles. The molecule has 4 nitrogen and oxygen atoms in total. The third kappa shape index (κ3) is 1.88. The predicted molar refractivity (Wildman–Crippen MR) is 57.1 cm³/mol. The number of hydrogen-bond acceptors (Lipinski definition) is 3. The molecule has 1 aliphatic rings. The number of rotatable bonds is 2. The minimum Gasteiger partial charge on any atom is -0.338 e. The molecule has 2 heterocycles. The standard InChI is InChI=1S/C11H16N4/c1-9-13-10(8-14(9)2)11(7-12)15-5-3-4-6-15/h8,11H,3-6H2,1-2H3. The molecule has 1 fully saturated rings. The molecule has 80 valence electrons. The Morgan fingerprint density at radius 3 is 2.60 bits per heavy atom. The molecule has 0 amide bonds. The van der Waals surface area contributed by atoms with E-state index in [1.807, 2.05) is 24.7 Å². The third-order valence-corrected chi connectivity index (χ3v) is 3.04. The second-order valence-corrected chi connectivity index (χ2v) is 4.10. The first kappa shape index (κ1) is 10.2. The number of nitrogens with zero attached hydrogens (tertiary/aromatic N) is 4. The van der Waals surface area contributed by atoms with E-state index in [0.717, 1.165) is 24.6 Å². The molecule has 0 N–H and O–H groups in total. The molecule has 1 saturated heterocycles. The molecule has 1 atom stereocenters. The highest BCUT2D eigenvalue weighted by molar-refractivity contribution is 5.15. The Labute approximate surface area is 90.1 Å². The Kier molecular flexibility index (Phi) is 2.74. The normalized spacial score (nSPS) is 19.0. The molecular weight excluding hydrogens is 188 g/mol. The zero-order chi connectivity index (χ0) is 10.8. The van der Waals surface area contributed by atoms with Crippen molar-refractivity contribution in [1.82, 2.24) is 14.5 Å². The van der Waals surface area contributed by atoms with Gasteiger partial charge in [-0.1, -0.05) is 0 Å². The van der Waals surface area contributed by atoms with Crippen LogP contribution in [0.1, 0.15) is 30.4 Å². The van der Waals surface area contributed by atoms with Gasteiger partial charge in [0.25, 0.3) is 0 Å². The lowest BCUT2D eigenvalue weighted by molar-refractivity contribution is 0.290. The van der Waals surface area contributed by atoms with E-state index >= 15 is 0 Å². The highest BCUT2D eigenvalue weighted by atomic mass is 15.2. The van der Waals surface area contributed by atoms with Crippen molar-refractivity contribution in [1.29, 1.82) is 5.26 Å². The summed E-state index contributed by atoms with van der Waals surface area (Å²) in [5.74, 6) is 0.962. The van der Waals surface area contributed by atoms with Crippen molar-refractivity contribution in [3.05, 3.63) is 17.7 Å². The maximum atomic E-state index is 9.20. The number of hydrogen-bond donors (Lipinski definition) is 0. The molecule has 1 unspecified atom stereocenters. The molecule has 0 bridgehead atoms. The topological polar surface area (TPSA) is 44.9 Å². The fourth-order valence-corrected chi connectivity index (χ4v) is 2.05. The summed E-state index contributed by atoms with van der Waals surface area (Å²) in [6, 6.07) is 2.19.